The minimum absolute atomic E-state index is 0.00499. The summed E-state index contributed by atoms with van der Waals surface area (Å²) in [5.41, 5.74) is 13.5. The van der Waals surface area contributed by atoms with E-state index in [-0.39, 0.29) is 42.3 Å². The fourth-order valence-corrected chi connectivity index (χ4v) is 6.98. The number of ether oxygens (including phenoxy) is 6. The fourth-order valence-electron chi connectivity index (χ4n) is 6.98. The van der Waals surface area contributed by atoms with Crippen molar-refractivity contribution in [2.45, 2.75) is 102 Å². The van der Waals surface area contributed by atoms with Crippen molar-refractivity contribution in [3.05, 3.63) is 41.7 Å². The summed E-state index contributed by atoms with van der Waals surface area (Å²) in [5.74, 6) is 2.54. The number of amides is 2. The summed E-state index contributed by atoms with van der Waals surface area (Å²) >= 11 is 0. The average molecular weight is 697 g/mol. The lowest BCUT2D eigenvalue weighted by molar-refractivity contribution is -0.0826. The molecule has 6 heterocycles. The molecule has 3 fully saturated rings. The van der Waals surface area contributed by atoms with Crippen LogP contribution < -0.4 is 20.9 Å². The van der Waals surface area contributed by atoms with Crippen molar-refractivity contribution in [2.75, 3.05) is 52.1 Å². The van der Waals surface area contributed by atoms with E-state index in [0.29, 0.717) is 50.2 Å². The first-order valence-electron chi connectivity index (χ1n) is 17.0. The van der Waals surface area contributed by atoms with Crippen molar-refractivity contribution in [1.82, 2.24) is 19.8 Å². The Morgan fingerprint density at radius 3 is 1.84 bits per heavy atom. The minimum Gasteiger partial charge on any atom is -0.496 e. The molecule has 0 spiro atoms. The number of hydrogen-bond acceptors (Lipinski definition) is 12. The largest absolute Gasteiger partial charge is 0.496 e. The van der Waals surface area contributed by atoms with Gasteiger partial charge in [-0.15, -0.1) is 0 Å². The van der Waals surface area contributed by atoms with E-state index in [1.807, 2.05) is 52.5 Å². The second-order valence-electron chi connectivity index (χ2n) is 15.1. The molecule has 4 bridgehead atoms. The van der Waals surface area contributed by atoms with Gasteiger partial charge in [0, 0.05) is 35.7 Å². The third kappa shape index (κ3) is 8.70. The molecule has 2 amide bonds. The highest BCUT2D eigenvalue weighted by Crippen LogP contribution is 2.42. The zero-order valence-electron chi connectivity index (χ0n) is 30.4. The standard InChI is InChI=1S/C18H27N3O4.C18H25N3O4/c2*1-18(2,3)25-17(22)21-12-5-11(6-13(21)10-24-9-12)14-8-20-16(19)7-15(14)23-4/h7-8,11-13H,5-6,9-10H2,1-4H3,(H2,19,20);5,7-8,12-13H,6,9-10H2,1-4H3,(H2,19,20). The van der Waals surface area contributed by atoms with Crippen molar-refractivity contribution >= 4 is 29.4 Å². The van der Waals surface area contributed by atoms with E-state index in [0.717, 1.165) is 35.3 Å². The Kier molecular flexibility index (Phi) is 11.0. The lowest BCUT2D eigenvalue weighted by atomic mass is 9.81. The molecule has 14 nitrogen and oxygen atoms in total. The maximum absolute atomic E-state index is 12.6. The second-order valence-corrected chi connectivity index (χ2v) is 15.1. The van der Waals surface area contributed by atoms with Crippen LogP contribution in [0.3, 0.4) is 0 Å². The van der Waals surface area contributed by atoms with Crippen LogP contribution in [0.25, 0.3) is 5.57 Å². The number of hydrogen-bond donors (Lipinski definition) is 2. The Morgan fingerprint density at radius 2 is 1.28 bits per heavy atom. The van der Waals surface area contributed by atoms with Gasteiger partial charge in [0.2, 0.25) is 0 Å². The molecule has 4 atom stereocenters. The molecule has 4 N–H and O–H groups in total. The predicted molar refractivity (Wildman–Crippen MR) is 188 cm³/mol. The summed E-state index contributed by atoms with van der Waals surface area (Å²) in [6.07, 6.45) is 7.22. The molecular weight excluding hydrogens is 644 g/mol. The molecule has 50 heavy (non-hydrogen) atoms. The number of piperidine rings is 1. The van der Waals surface area contributed by atoms with E-state index < -0.39 is 11.2 Å². The summed E-state index contributed by atoms with van der Waals surface area (Å²) in [4.78, 5) is 37.3. The van der Waals surface area contributed by atoms with E-state index in [4.69, 9.17) is 39.9 Å². The normalized spacial score (nSPS) is 24.6. The molecule has 0 aromatic carbocycles. The van der Waals surface area contributed by atoms with Crippen molar-refractivity contribution in [3.63, 3.8) is 0 Å². The maximum atomic E-state index is 12.6. The number of carbonyl (C=O) groups is 2. The number of morpholine rings is 2. The van der Waals surface area contributed by atoms with Crippen molar-refractivity contribution in [3.8, 4) is 11.5 Å². The molecule has 0 saturated carbocycles. The second kappa shape index (κ2) is 14.9. The summed E-state index contributed by atoms with van der Waals surface area (Å²) in [5, 5.41) is 0. The predicted octanol–water partition coefficient (Wildman–Crippen LogP) is 5.02. The van der Waals surface area contributed by atoms with Crippen LogP contribution in [0.15, 0.2) is 30.6 Å². The van der Waals surface area contributed by atoms with Crippen molar-refractivity contribution in [2.24, 2.45) is 0 Å². The zero-order valence-corrected chi connectivity index (χ0v) is 30.4. The number of aromatic nitrogens is 2. The lowest BCUT2D eigenvalue weighted by Crippen LogP contribution is -2.59. The zero-order chi connectivity index (χ0) is 36.4. The van der Waals surface area contributed by atoms with Gasteiger partial charge in [-0.25, -0.2) is 19.6 Å². The quantitative estimate of drug-likeness (QED) is 0.438. The van der Waals surface area contributed by atoms with Crippen LogP contribution in [0, 0.1) is 0 Å². The third-order valence-electron chi connectivity index (χ3n) is 8.96. The first-order chi connectivity index (χ1) is 23.6. The topological polar surface area (TPSA) is 174 Å². The molecule has 6 rings (SSSR count). The van der Waals surface area contributed by atoms with Gasteiger partial charge in [-0.1, -0.05) is 6.08 Å². The maximum Gasteiger partial charge on any atom is 0.411 e. The molecule has 274 valence electrons. The average Bonchev–Trinajstić information content (AvgIpc) is 3.02. The minimum atomic E-state index is -0.527. The Balaban J connectivity index is 0.000000194. The number of fused-ring (bicyclic) bond motifs is 4. The Bertz CT molecular complexity index is 1560. The summed E-state index contributed by atoms with van der Waals surface area (Å²) in [6.45, 7) is 13.2. The van der Waals surface area contributed by atoms with Crippen LogP contribution >= 0.6 is 0 Å². The fraction of sp³-hybridized carbons (Fsp3) is 0.611. The monoisotopic (exact) mass is 696 g/mol. The number of carbonyl (C=O) groups excluding carboxylic acids is 2. The first-order valence-corrected chi connectivity index (χ1v) is 17.0. The summed E-state index contributed by atoms with van der Waals surface area (Å²) < 4.78 is 33.4. The molecule has 4 aliphatic heterocycles. The first kappa shape index (κ1) is 37.0. The Hall–Kier alpha value is -4.30. The van der Waals surface area contributed by atoms with Gasteiger partial charge >= 0.3 is 12.2 Å². The summed E-state index contributed by atoms with van der Waals surface area (Å²) in [7, 11) is 3.25. The highest BCUT2D eigenvalue weighted by Gasteiger charge is 2.44. The Morgan fingerprint density at radius 1 is 0.760 bits per heavy atom. The number of nitrogen functional groups attached to an aromatic ring is 2. The van der Waals surface area contributed by atoms with E-state index in [1.165, 1.54) is 0 Å². The number of anilines is 2. The van der Waals surface area contributed by atoms with Crippen LogP contribution in [0.2, 0.25) is 0 Å². The number of pyridine rings is 2. The molecule has 2 aromatic heterocycles. The van der Waals surface area contributed by atoms with Gasteiger partial charge < -0.3 is 39.9 Å². The van der Waals surface area contributed by atoms with Crippen molar-refractivity contribution in [1.29, 1.82) is 0 Å². The van der Waals surface area contributed by atoms with Gasteiger partial charge in [-0.05, 0) is 72.3 Å². The number of methoxy groups -OCH3 is 2. The van der Waals surface area contributed by atoms with Crippen LogP contribution in [0.4, 0.5) is 21.2 Å². The van der Waals surface area contributed by atoms with E-state index >= 15 is 0 Å². The molecule has 14 heteroatoms. The van der Waals surface area contributed by atoms with E-state index in [1.54, 1.807) is 43.6 Å². The third-order valence-corrected chi connectivity index (χ3v) is 8.96. The molecule has 2 aromatic rings. The molecular formula is C36H52N6O8. The molecule has 3 saturated heterocycles. The smallest absolute Gasteiger partial charge is 0.411 e. The number of nitrogens with zero attached hydrogens (tertiary/aromatic N) is 4. The summed E-state index contributed by atoms with van der Waals surface area (Å²) in [6, 6.07) is 3.21. The van der Waals surface area contributed by atoms with E-state index in [9.17, 15) is 9.59 Å². The van der Waals surface area contributed by atoms with Gasteiger partial charge in [0.05, 0.1) is 64.8 Å². The van der Waals surface area contributed by atoms with Crippen LogP contribution in [-0.2, 0) is 18.9 Å². The molecule has 4 unspecified atom stereocenters. The van der Waals surface area contributed by atoms with Gasteiger partial charge in [-0.3, -0.25) is 9.80 Å². The number of rotatable bonds is 4. The SMILES string of the molecule is COc1cc(N)ncc1C1=CC2COCC(C1)N2C(=O)OC(C)(C)C.COc1cc(N)ncc1C1CC2COCC(C1)N2C(=O)OC(C)(C)C. The molecule has 0 aliphatic carbocycles. The lowest BCUT2D eigenvalue weighted by Gasteiger charge is -2.48. The van der Waals surface area contributed by atoms with Gasteiger partial charge in [0.25, 0.3) is 0 Å². The van der Waals surface area contributed by atoms with Crippen LogP contribution in [0.1, 0.15) is 77.8 Å². The van der Waals surface area contributed by atoms with Crippen LogP contribution in [-0.4, -0.2) is 108 Å². The van der Waals surface area contributed by atoms with Gasteiger partial charge in [-0.2, -0.15) is 0 Å². The highest BCUT2D eigenvalue weighted by atomic mass is 16.6. The molecule has 0 radical (unpaired) electrons. The molecule has 4 aliphatic rings. The van der Waals surface area contributed by atoms with Crippen LogP contribution in [0.5, 0.6) is 11.5 Å². The Labute approximate surface area is 294 Å². The van der Waals surface area contributed by atoms with E-state index in [2.05, 4.69) is 9.97 Å². The highest BCUT2D eigenvalue weighted by molar-refractivity contribution is 5.77. The van der Waals surface area contributed by atoms with Gasteiger partial charge in [0.15, 0.2) is 0 Å². The van der Waals surface area contributed by atoms with Gasteiger partial charge in [0.1, 0.15) is 34.3 Å². The van der Waals surface area contributed by atoms with Crippen molar-refractivity contribution < 1.29 is 38.0 Å². The number of nitrogens with two attached hydrogens (primary N) is 2.